The van der Waals surface area contributed by atoms with Crippen LogP contribution in [-0.4, -0.2) is 25.2 Å². The van der Waals surface area contributed by atoms with Crippen molar-refractivity contribution in [3.8, 4) is 23.0 Å². The minimum absolute atomic E-state index is 0.426. The predicted molar refractivity (Wildman–Crippen MR) is 223 cm³/mol. The Hall–Kier alpha value is -3.80. The lowest BCUT2D eigenvalue weighted by molar-refractivity contribution is 0.0718. The highest BCUT2D eigenvalue weighted by Gasteiger charge is 2.16. The van der Waals surface area contributed by atoms with E-state index in [0.717, 1.165) is 49.2 Å². The van der Waals surface area contributed by atoms with Crippen molar-refractivity contribution >= 4 is 11.9 Å². The normalized spacial score (nSPS) is 11.0. The van der Waals surface area contributed by atoms with Crippen LogP contribution in [0.3, 0.4) is 0 Å². The Labute approximate surface area is 327 Å². The Bertz CT molecular complexity index is 1410. The van der Waals surface area contributed by atoms with Gasteiger partial charge < -0.3 is 18.9 Å². The highest BCUT2D eigenvalue weighted by Crippen LogP contribution is 2.28. The smallest absolute Gasteiger partial charge is 0.343 e. The summed E-state index contributed by atoms with van der Waals surface area (Å²) in [7, 11) is 0. The van der Waals surface area contributed by atoms with Crippen molar-refractivity contribution < 1.29 is 28.5 Å². The fourth-order valence-electron chi connectivity index (χ4n) is 6.56. The van der Waals surface area contributed by atoms with Crippen molar-refractivity contribution in [2.75, 3.05) is 13.2 Å². The zero-order chi connectivity index (χ0) is 38.5. The number of ether oxygens (including phenoxy) is 4. The van der Waals surface area contributed by atoms with Gasteiger partial charge in [0.25, 0.3) is 0 Å². The molecule has 6 heteroatoms. The minimum atomic E-state index is -0.439. The molecule has 0 aliphatic heterocycles. The number of carbonyl (C=O) groups excluding carboxylic acids is 2. The molecule has 54 heavy (non-hydrogen) atoms. The molecular weight excluding hydrogens is 673 g/mol. The van der Waals surface area contributed by atoms with E-state index in [4.69, 9.17) is 18.9 Å². The van der Waals surface area contributed by atoms with Gasteiger partial charge in [-0.3, -0.25) is 0 Å². The van der Waals surface area contributed by atoms with Crippen LogP contribution in [0.25, 0.3) is 0 Å². The molecule has 0 fully saturated rings. The van der Waals surface area contributed by atoms with Crippen molar-refractivity contribution in [1.29, 1.82) is 0 Å². The Morgan fingerprint density at radius 3 is 1.22 bits per heavy atom. The first-order valence-electron chi connectivity index (χ1n) is 21.6. The van der Waals surface area contributed by atoms with Crippen molar-refractivity contribution in [3.63, 3.8) is 0 Å². The van der Waals surface area contributed by atoms with E-state index < -0.39 is 11.9 Å². The van der Waals surface area contributed by atoms with Gasteiger partial charge in [-0.05, 0) is 98.0 Å². The van der Waals surface area contributed by atoms with Gasteiger partial charge >= 0.3 is 11.9 Å². The lowest BCUT2D eigenvalue weighted by Gasteiger charge is -2.13. The molecule has 0 heterocycles. The molecule has 0 spiro atoms. The molecule has 0 saturated carbocycles. The first kappa shape index (κ1) is 44.6. The van der Waals surface area contributed by atoms with Gasteiger partial charge in [0.1, 0.15) is 23.0 Å². The largest absolute Gasteiger partial charge is 0.494 e. The van der Waals surface area contributed by atoms with E-state index in [2.05, 4.69) is 20.8 Å². The molecule has 0 aliphatic rings. The fourth-order valence-corrected chi connectivity index (χ4v) is 6.56. The number of carbonyl (C=O) groups is 2. The van der Waals surface area contributed by atoms with E-state index in [9.17, 15) is 9.59 Å². The number of benzene rings is 3. The maximum atomic E-state index is 13.3. The van der Waals surface area contributed by atoms with Crippen LogP contribution < -0.4 is 18.9 Å². The van der Waals surface area contributed by atoms with Crippen molar-refractivity contribution in [2.24, 2.45) is 0 Å². The van der Waals surface area contributed by atoms with E-state index >= 15 is 0 Å². The zero-order valence-corrected chi connectivity index (χ0v) is 34.0. The Morgan fingerprint density at radius 1 is 0.407 bits per heavy atom. The number of rotatable bonds is 31. The summed E-state index contributed by atoms with van der Waals surface area (Å²) in [5.41, 5.74) is 1.76. The second-order valence-corrected chi connectivity index (χ2v) is 14.8. The SMILES string of the molecule is CCCCCCCCCCCCc1cc(OC(=O)c2ccc(OCCCCCCCC)cc2)ccc1OC(=O)c1ccc(OCCCCCCCC)cc1. The third-order valence-corrected chi connectivity index (χ3v) is 9.96. The van der Waals surface area contributed by atoms with Gasteiger partial charge in [-0.2, -0.15) is 0 Å². The van der Waals surface area contributed by atoms with Crippen LogP contribution in [-0.2, 0) is 6.42 Å². The average Bonchev–Trinajstić information content (AvgIpc) is 3.19. The van der Waals surface area contributed by atoms with Gasteiger partial charge in [-0.1, -0.05) is 143 Å². The molecule has 298 valence electrons. The molecule has 0 amide bonds. The first-order valence-corrected chi connectivity index (χ1v) is 21.6. The van der Waals surface area contributed by atoms with Crippen molar-refractivity contribution in [3.05, 3.63) is 83.4 Å². The van der Waals surface area contributed by atoms with Crippen molar-refractivity contribution in [2.45, 2.75) is 168 Å². The molecule has 0 atom stereocenters. The molecule has 0 aliphatic carbocycles. The number of hydrogen-bond donors (Lipinski definition) is 0. The molecule has 3 aromatic rings. The summed E-state index contributed by atoms with van der Waals surface area (Å²) in [5.74, 6) is 1.56. The molecule has 6 nitrogen and oxygen atoms in total. The monoisotopic (exact) mass is 743 g/mol. The molecular formula is C48H70O6. The van der Waals surface area contributed by atoms with Crippen molar-refractivity contribution in [1.82, 2.24) is 0 Å². The van der Waals surface area contributed by atoms with Crippen LogP contribution in [0, 0.1) is 0 Å². The summed E-state index contributed by atoms with van der Waals surface area (Å²) in [6, 6.07) is 19.6. The third kappa shape index (κ3) is 19.0. The average molecular weight is 743 g/mol. The van der Waals surface area contributed by atoms with Gasteiger partial charge in [-0.15, -0.1) is 0 Å². The van der Waals surface area contributed by atoms with Crippen LogP contribution in [0.4, 0.5) is 0 Å². The van der Waals surface area contributed by atoms with E-state index in [1.165, 1.54) is 116 Å². The van der Waals surface area contributed by atoms with E-state index in [1.807, 2.05) is 30.3 Å². The minimum Gasteiger partial charge on any atom is -0.494 e. The lowest BCUT2D eigenvalue weighted by Crippen LogP contribution is -2.11. The van der Waals surface area contributed by atoms with Crippen LogP contribution in [0.5, 0.6) is 23.0 Å². The summed E-state index contributed by atoms with van der Waals surface area (Å²) in [4.78, 5) is 26.4. The van der Waals surface area contributed by atoms with E-state index in [0.29, 0.717) is 35.8 Å². The highest BCUT2D eigenvalue weighted by atomic mass is 16.5. The van der Waals surface area contributed by atoms with Crippen LogP contribution >= 0.6 is 0 Å². The highest BCUT2D eigenvalue weighted by molar-refractivity contribution is 5.92. The topological polar surface area (TPSA) is 71.1 Å². The maximum absolute atomic E-state index is 13.3. The second kappa shape index (κ2) is 28.6. The quantitative estimate of drug-likeness (QED) is 0.0371. The molecule has 3 aromatic carbocycles. The van der Waals surface area contributed by atoms with Gasteiger partial charge in [-0.25, -0.2) is 9.59 Å². The van der Waals surface area contributed by atoms with Gasteiger partial charge in [0.15, 0.2) is 0 Å². The molecule has 0 aromatic heterocycles. The third-order valence-electron chi connectivity index (χ3n) is 9.96. The van der Waals surface area contributed by atoms with E-state index in [1.54, 1.807) is 36.4 Å². The molecule has 0 radical (unpaired) electrons. The Balaban J connectivity index is 1.56. The number of hydrogen-bond acceptors (Lipinski definition) is 6. The van der Waals surface area contributed by atoms with Gasteiger partial charge in [0.05, 0.1) is 24.3 Å². The van der Waals surface area contributed by atoms with Gasteiger partial charge in [0.2, 0.25) is 0 Å². The van der Waals surface area contributed by atoms with E-state index in [-0.39, 0.29) is 0 Å². The Kier molecular flexibility index (Phi) is 23.6. The standard InChI is InChI=1S/C48H70O6/c1-4-7-10-13-16-17-18-19-20-23-26-42-39-45(53-47(49)40-27-31-43(32-28-40)51-37-24-21-14-11-8-5-2)35-36-46(42)54-48(50)41-29-33-44(34-30-41)52-38-25-22-15-12-9-6-3/h27-36,39H,4-26,37-38H2,1-3H3. The summed E-state index contributed by atoms with van der Waals surface area (Å²) in [6.07, 6.45) is 27.6. The van der Waals surface area contributed by atoms with Crippen LogP contribution in [0.2, 0.25) is 0 Å². The van der Waals surface area contributed by atoms with Gasteiger partial charge in [0, 0.05) is 0 Å². The molecule has 3 rings (SSSR count). The number of unbranched alkanes of at least 4 members (excludes halogenated alkanes) is 19. The number of aryl methyl sites for hydroxylation is 1. The maximum Gasteiger partial charge on any atom is 0.343 e. The summed E-state index contributed by atoms with van der Waals surface area (Å²) >= 11 is 0. The lowest BCUT2D eigenvalue weighted by atomic mass is 10.0. The summed E-state index contributed by atoms with van der Waals surface area (Å²) in [5, 5.41) is 0. The number of esters is 2. The second-order valence-electron chi connectivity index (χ2n) is 14.8. The zero-order valence-electron chi connectivity index (χ0n) is 34.0. The first-order chi connectivity index (χ1) is 26.5. The van der Waals surface area contributed by atoms with Crippen LogP contribution in [0.1, 0.15) is 188 Å². The molecule has 0 saturated heterocycles. The summed E-state index contributed by atoms with van der Waals surface area (Å²) < 4.78 is 23.5. The molecule has 0 bridgehead atoms. The fraction of sp³-hybridized carbons (Fsp3) is 0.583. The van der Waals surface area contributed by atoms with Crippen LogP contribution in [0.15, 0.2) is 66.7 Å². The predicted octanol–water partition coefficient (Wildman–Crippen LogP) is 14.1. The molecule has 0 unspecified atom stereocenters. The molecule has 0 N–H and O–H groups in total. The Morgan fingerprint density at radius 2 is 0.778 bits per heavy atom. The summed E-state index contributed by atoms with van der Waals surface area (Å²) in [6.45, 7) is 8.06.